The molecule has 8 heteroatoms. The lowest BCUT2D eigenvalue weighted by atomic mass is 9.92. The van der Waals surface area contributed by atoms with Crippen LogP contribution in [0, 0.1) is 6.92 Å². The Morgan fingerprint density at radius 3 is 2.38 bits per heavy atom. The van der Waals surface area contributed by atoms with Gasteiger partial charge in [0.2, 0.25) is 5.88 Å². The Hall–Kier alpha value is -2.12. The molecule has 0 fully saturated rings. The highest BCUT2D eigenvalue weighted by atomic mass is 35.5. The molecule has 0 atom stereocenters. The SMILES string of the molecule is CCCS(=O)(=O)Oc1c(C(=O)c2ccc(Cl)c(C(C)=C(C)C)c2C)cnn1CC. The summed E-state index contributed by atoms with van der Waals surface area (Å²) in [6, 6.07) is 3.33. The average Bonchev–Trinajstić information content (AvgIpc) is 3.02. The lowest BCUT2D eigenvalue weighted by molar-refractivity contribution is 0.103. The molecule has 2 aromatic rings. The molecule has 158 valence electrons. The second kappa shape index (κ2) is 9.13. The van der Waals surface area contributed by atoms with Crippen LogP contribution in [-0.4, -0.2) is 29.7 Å². The number of rotatable bonds is 8. The van der Waals surface area contributed by atoms with Crippen molar-refractivity contribution < 1.29 is 17.4 Å². The van der Waals surface area contributed by atoms with Gasteiger partial charge in [-0.3, -0.25) is 4.79 Å². The number of hydrogen-bond donors (Lipinski definition) is 0. The van der Waals surface area contributed by atoms with Crippen molar-refractivity contribution in [3.8, 4) is 5.88 Å². The fourth-order valence-corrected chi connectivity index (χ4v) is 4.38. The predicted octanol–water partition coefficient (Wildman–Crippen LogP) is 5.03. The standard InChI is InChI=1S/C21H27ClN2O4S/c1-7-11-29(26,27)28-21-17(12-23-24(21)8-2)20(25)16-9-10-18(22)19(15(16)6)14(5)13(3)4/h9-10,12H,7-8,11H2,1-6H3. The number of ketones is 1. The molecule has 29 heavy (non-hydrogen) atoms. The maximum atomic E-state index is 13.3. The van der Waals surface area contributed by atoms with Crippen molar-refractivity contribution >= 4 is 33.1 Å². The first kappa shape index (κ1) is 23.2. The number of aryl methyl sites for hydroxylation is 1. The molecule has 0 aliphatic heterocycles. The Morgan fingerprint density at radius 2 is 1.83 bits per heavy atom. The second-order valence-electron chi connectivity index (χ2n) is 7.07. The van der Waals surface area contributed by atoms with E-state index < -0.39 is 10.1 Å². The van der Waals surface area contributed by atoms with Crippen LogP contribution < -0.4 is 4.18 Å². The van der Waals surface area contributed by atoms with Crippen molar-refractivity contribution in [1.82, 2.24) is 9.78 Å². The van der Waals surface area contributed by atoms with Gasteiger partial charge in [-0.05, 0) is 69.9 Å². The van der Waals surface area contributed by atoms with E-state index in [9.17, 15) is 13.2 Å². The number of aromatic nitrogens is 2. The lowest BCUT2D eigenvalue weighted by Gasteiger charge is -2.15. The Bertz CT molecular complexity index is 1060. The molecule has 0 amide bonds. The zero-order valence-corrected chi connectivity index (χ0v) is 19.2. The van der Waals surface area contributed by atoms with Gasteiger partial charge in [0.1, 0.15) is 5.56 Å². The van der Waals surface area contributed by atoms with Gasteiger partial charge in [-0.2, -0.15) is 13.5 Å². The summed E-state index contributed by atoms with van der Waals surface area (Å²) in [5.74, 6) is -0.552. The van der Waals surface area contributed by atoms with Gasteiger partial charge in [0.05, 0.1) is 11.9 Å². The largest absolute Gasteiger partial charge is 0.361 e. The fraction of sp³-hybridized carbons (Fsp3) is 0.429. The van der Waals surface area contributed by atoms with E-state index in [1.54, 1.807) is 26.0 Å². The first-order chi connectivity index (χ1) is 13.5. The molecule has 1 aromatic heterocycles. The van der Waals surface area contributed by atoms with Crippen molar-refractivity contribution in [2.24, 2.45) is 0 Å². The highest BCUT2D eigenvalue weighted by Crippen LogP contribution is 2.33. The molecule has 0 N–H and O–H groups in total. The molecular weight excluding hydrogens is 412 g/mol. The van der Waals surface area contributed by atoms with Crippen LogP contribution in [0.15, 0.2) is 23.9 Å². The Kier molecular flexibility index (Phi) is 7.30. The third-order valence-electron chi connectivity index (χ3n) is 4.78. The summed E-state index contributed by atoms with van der Waals surface area (Å²) in [6.07, 6.45) is 1.76. The molecule has 1 heterocycles. The highest BCUT2D eigenvalue weighted by molar-refractivity contribution is 7.87. The van der Waals surface area contributed by atoms with Crippen LogP contribution >= 0.6 is 11.6 Å². The normalized spacial score (nSPS) is 11.4. The zero-order valence-electron chi connectivity index (χ0n) is 17.7. The average molecular weight is 439 g/mol. The molecule has 0 spiro atoms. The van der Waals surface area contributed by atoms with Crippen LogP contribution in [0.4, 0.5) is 0 Å². The summed E-state index contributed by atoms with van der Waals surface area (Å²) in [5, 5.41) is 4.69. The van der Waals surface area contributed by atoms with Crippen LogP contribution in [0.1, 0.15) is 68.1 Å². The van der Waals surface area contributed by atoms with Gasteiger partial charge in [0.25, 0.3) is 0 Å². The van der Waals surface area contributed by atoms with Crippen molar-refractivity contribution in [3.63, 3.8) is 0 Å². The molecule has 0 aliphatic rings. The minimum atomic E-state index is -3.82. The monoisotopic (exact) mass is 438 g/mol. The number of halogens is 1. The molecule has 0 aliphatic carbocycles. The van der Waals surface area contributed by atoms with E-state index in [-0.39, 0.29) is 23.0 Å². The Balaban J connectivity index is 2.61. The maximum Gasteiger partial charge on any atom is 0.310 e. The Labute approximate surface area is 177 Å². The number of allylic oxidation sites excluding steroid dienone is 2. The summed E-state index contributed by atoms with van der Waals surface area (Å²) in [6.45, 7) is 11.7. The summed E-state index contributed by atoms with van der Waals surface area (Å²) in [4.78, 5) is 13.3. The summed E-state index contributed by atoms with van der Waals surface area (Å²) in [7, 11) is -3.82. The predicted molar refractivity (Wildman–Crippen MR) is 116 cm³/mol. The van der Waals surface area contributed by atoms with Gasteiger partial charge in [0.15, 0.2) is 5.78 Å². The van der Waals surface area contributed by atoms with Crippen molar-refractivity contribution in [3.05, 3.63) is 51.2 Å². The van der Waals surface area contributed by atoms with Crippen molar-refractivity contribution in [2.75, 3.05) is 5.75 Å². The number of benzene rings is 1. The van der Waals surface area contributed by atoms with E-state index in [1.165, 1.54) is 10.9 Å². The van der Waals surface area contributed by atoms with Crippen LogP contribution in [0.2, 0.25) is 5.02 Å². The van der Waals surface area contributed by atoms with Crippen molar-refractivity contribution in [1.29, 1.82) is 0 Å². The van der Waals surface area contributed by atoms with E-state index in [1.807, 2.05) is 27.7 Å². The quantitative estimate of drug-likeness (QED) is 0.426. The zero-order chi connectivity index (χ0) is 21.9. The molecule has 0 radical (unpaired) electrons. The molecule has 0 bridgehead atoms. The minimum Gasteiger partial charge on any atom is -0.361 e. The van der Waals surface area contributed by atoms with Gasteiger partial charge >= 0.3 is 10.1 Å². The van der Waals surface area contributed by atoms with Crippen LogP contribution in [0.3, 0.4) is 0 Å². The molecule has 1 aromatic carbocycles. The second-order valence-corrected chi connectivity index (χ2v) is 9.17. The summed E-state index contributed by atoms with van der Waals surface area (Å²) >= 11 is 6.40. The summed E-state index contributed by atoms with van der Waals surface area (Å²) in [5.41, 5.74) is 4.16. The topological polar surface area (TPSA) is 78.3 Å². The lowest BCUT2D eigenvalue weighted by Crippen LogP contribution is -2.18. The van der Waals surface area contributed by atoms with Gasteiger partial charge in [-0.25, -0.2) is 4.68 Å². The molecular formula is C21H27ClN2O4S. The Morgan fingerprint density at radius 1 is 1.17 bits per heavy atom. The van der Waals surface area contributed by atoms with Crippen LogP contribution in [0.5, 0.6) is 5.88 Å². The van der Waals surface area contributed by atoms with E-state index in [2.05, 4.69) is 5.10 Å². The molecule has 0 saturated carbocycles. The van der Waals surface area contributed by atoms with Gasteiger partial charge in [0, 0.05) is 17.1 Å². The number of carbonyl (C=O) groups is 1. The van der Waals surface area contributed by atoms with E-state index >= 15 is 0 Å². The highest BCUT2D eigenvalue weighted by Gasteiger charge is 2.26. The molecule has 6 nitrogen and oxygen atoms in total. The fourth-order valence-electron chi connectivity index (χ4n) is 3.04. The first-order valence-electron chi connectivity index (χ1n) is 9.50. The maximum absolute atomic E-state index is 13.3. The van der Waals surface area contributed by atoms with E-state index in [4.69, 9.17) is 15.8 Å². The third kappa shape index (κ3) is 4.90. The van der Waals surface area contributed by atoms with E-state index in [0.717, 1.165) is 22.3 Å². The third-order valence-corrected chi connectivity index (χ3v) is 6.41. The van der Waals surface area contributed by atoms with E-state index in [0.29, 0.717) is 23.6 Å². The van der Waals surface area contributed by atoms with Gasteiger partial charge < -0.3 is 4.18 Å². The first-order valence-corrected chi connectivity index (χ1v) is 11.5. The number of nitrogens with zero attached hydrogens (tertiary/aromatic N) is 2. The number of carbonyl (C=O) groups excluding carboxylic acids is 1. The van der Waals surface area contributed by atoms with Crippen LogP contribution in [0.25, 0.3) is 5.57 Å². The van der Waals surface area contributed by atoms with Crippen molar-refractivity contribution in [2.45, 2.75) is 54.5 Å². The van der Waals surface area contributed by atoms with Gasteiger partial charge in [-0.15, -0.1) is 0 Å². The van der Waals surface area contributed by atoms with Gasteiger partial charge in [-0.1, -0.05) is 24.1 Å². The number of hydrogen-bond acceptors (Lipinski definition) is 5. The smallest absolute Gasteiger partial charge is 0.310 e. The minimum absolute atomic E-state index is 0.0548. The summed E-state index contributed by atoms with van der Waals surface area (Å²) < 4.78 is 31.1. The molecule has 0 unspecified atom stereocenters. The molecule has 2 rings (SSSR count). The van der Waals surface area contributed by atoms with Crippen LogP contribution in [-0.2, 0) is 16.7 Å². The molecule has 0 saturated heterocycles.